The zero-order valence-corrected chi connectivity index (χ0v) is 20.6. The van der Waals surface area contributed by atoms with Gasteiger partial charge in [0.15, 0.2) is 5.82 Å². The van der Waals surface area contributed by atoms with E-state index in [2.05, 4.69) is 41.2 Å². The molecule has 1 aliphatic heterocycles. The largest absolute Gasteiger partial charge is 0.357 e. The highest BCUT2D eigenvalue weighted by Crippen LogP contribution is 2.32. The van der Waals surface area contributed by atoms with Gasteiger partial charge in [0.25, 0.3) is 5.91 Å². The molecule has 1 N–H and O–H groups in total. The Hall–Kier alpha value is -3.04. The Kier molecular flexibility index (Phi) is 7.65. The van der Waals surface area contributed by atoms with Crippen molar-refractivity contribution in [2.24, 2.45) is 0 Å². The van der Waals surface area contributed by atoms with Gasteiger partial charge in [0, 0.05) is 31.7 Å². The van der Waals surface area contributed by atoms with E-state index >= 15 is 0 Å². The summed E-state index contributed by atoms with van der Waals surface area (Å²) in [4.78, 5) is 26.9. The van der Waals surface area contributed by atoms with Crippen LogP contribution < -0.4 is 15.1 Å². The second-order valence-electron chi connectivity index (χ2n) is 8.31. The van der Waals surface area contributed by atoms with Crippen LogP contribution in [0.15, 0.2) is 30.6 Å². The van der Waals surface area contributed by atoms with Crippen LogP contribution in [0.1, 0.15) is 48.8 Å². The molecular formula is C23H31ClN8O. The number of hydrogen-bond acceptors (Lipinski definition) is 7. The van der Waals surface area contributed by atoms with Crippen molar-refractivity contribution in [3.05, 3.63) is 47.4 Å². The van der Waals surface area contributed by atoms with E-state index in [0.29, 0.717) is 36.0 Å². The summed E-state index contributed by atoms with van der Waals surface area (Å²) in [6.45, 7) is 8.17. The lowest BCUT2D eigenvalue weighted by molar-refractivity contribution is 0.0996. The van der Waals surface area contributed by atoms with E-state index in [1.807, 2.05) is 42.9 Å². The fourth-order valence-corrected chi connectivity index (χ4v) is 3.85. The molecule has 1 amide bonds. The minimum atomic E-state index is -0.0576. The Bertz CT molecular complexity index is 1130. The lowest BCUT2D eigenvalue weighted by Gasteiger charge is -2.24. The molecule has 176 valence electrons. The molecule has 0 radical (unpaired) electrons. The van der Waals surface area contributed by atoms with Crippen molar-refractivity contribution in [1.82, 2.24) is 30.0 Å². The van der Waals surface area contributed by atoms with Gasteiger partial charge in [-0.1, -0.05) is 13.0 Å². The van der Waals surface area contributed by atoms with Crippen LogP contribution in [0.4, 0.5) is 11.6 Å². The molecule has 0 bridgehead atoms. The number of halogens is 1. The van der Waals surface area contributed by atoms with Crippen LogP contribution in [-0.4, -0.2) is 50.8 Å². The van der Waals surface area contributed by atoms with Crippen LogP contribution in [0.5, 0.6) is 0 Å². The van der Waals surface area contributed by atoms with Crippen LogP contribution in [0.2, 0.25) is 0 Å². The fraction of sp³-hybridized carbons (Fsp3) is 0.435. The highest BCUT2D eigenvalue weighted by atomic mass is 35.5. The van der Waals surface area contributed by atoms with Gasteiger partial charge >= 0.3 is 0 Å². The third-order valence-corrected chi connectivity index (χ3v) is 5.79. The van der Waals surface area contributed by atoms with Gasteiger partial charge in [-0.2, -0.15) is 0 Å². The third-order valence-electron chi connectivity index (χ3n) is 5.79. The van der Waals surface area contributed by atoms with Gasteiger partial charge in [0.05, 0.1) is 17.8 Å². The van der Waals surface area contributed by atoms with E-state index < -0.39 is 0 Å². The van der Waals surface area contributed by atoms with Crippen molar-refractivity contribution in [2.75, 3.05) is 23.9 Å². The van der Waals surface area contributed by atoms with Crippen LogP contribution in [0, 0.1) is 0 Å². The van der Waals surface area contributed by atoms with Gasteiger partial charge in [-0.3, -0.25) is 9.69 Å². The molecular weight excluding hydrogens is 440 g/mol. The molecule has 0 spiro atoms. The smallest absolute Gasteiger partial charge is 0.260 e. The molecule has 1 aliphatic rings. The summed E-state index contributed by atoms with van der Waals surface area (Å²) in [6.07, 6.45) is 2.69. The number of aromatic nitrogens is 5. The van der Waals surface area contributed by atoms with Crippen molar-refractivity contribution >= 4 is 29.9 Å². The number of anilines is 2. The molecule has 0 aliphatic carbocycles. The highest BCUT2D eigenvalue weighted by Gasteiger charge is 2.33. The van der Waals surface area contributed by atoms with Crippen molar-refractivity contribution in [2.45, 2.75) is 52.9 Å². The lowest BCUT2D eigenvalue weighted by atomic mass is 10.1. The molecule has 0 unspecified atom stereocenters. The highest BCUT2D eigenvalue weighted by molar-refractivity contribution is 6.10. The fourth-order valence-electron chi connectivity index (χ4n) is 3.85. The lowest BCUT2D eigenvalue weighted by Crippen LogP contribution is -2.27. The number of hydrogen-bond donors (Lipinski definition) is 1. The average molecular weight is 471 g/mol. The Morgan fingerprint density at radius 3 is 2.73 bits per heavy atom. The summed E-state index contributed by atoms with van der Waals surface area (Å²) in [5.74, 6) is 2.05. The summed E-state index contributed by atoms with van der Waals surface area (Å²) >= 11 is 0. The Balaban J connectivity index is 0.00000306. The van der Waals surface area contributed by atoms with E-state index in [4.69, 9.17) is 9.97 Å². The number of pyridine rings is 2. The predicted molar refractivity (Wildman–Crippen MR) is 132 cm³/mol. The van der Waals surface area contributed by atoms with Gasteiger partial charge in [0.1, 0.15) is 23.7 Å². The second kappa shape index (κ2) is 10.3. The molecule has 3 aromatic rings. The molecule has 0 saturated heterocycles. The minimum absolute atomic E-state index is 0. The Labute approximate surface area is 200 Å². The number of carbonyl (C=O) groups excluding carboxylic acids is 1. The van der Waals surface area contributed by atoms with Crippen LogP contribution in [0.3, 0.4) is 0 Å². The molecule has 0 fully saturated rings. The van der Waals surface area contributed by atoms with E-state index in [-0.39, 0.29) is 24.4 Å². The summed E-state index contributed by atoms with van der Waals surface area (Å²) in [5.41, 5.74) is 3.23. The maximum Gasteiger partial charge on any atom is 0.260 e. The molecule has 0 aromatic carbocycles. The maximum absolute atomic E-state index is 13.5. The zero-order valence-electron chi connectivity index (χ0n) is 19.7. The molecule has 10 heteroatoms. The van der Waals surface area contributed by atoms with E-state index in [9.17, 15) is 4.79 Å². The van der Waals surface area contributed by atoms with Gasteiger partial charge in [0.2, 0.25) is 0 Å². The number of fused-ring (bicyclic) bond motifs is 1. The quantitative estimate of drug-likeness (QED) is 0.540. The van der Waals surface area contributed by atoms with Gasteiger partial charge in [-0.15, -0.1) is 22.6 Å². The van der Waals surface area contributed by atoms with Gasteiger partial charge in [-0.05, 0) is 45.5 Å². The third kappa shape index (κ3) is 4.69. The topological polar surface area (TPSA) is 92.1 Å². The molecule has 4 rings (SSSR count). The first kappa shape index (κ1) is 24.6. The standard InChI is InChI=1S/C23H30N8O.ClH/c1-6-10-30-14-25-28-22(30)18-8-7-9-20(26-18)31-13-17-16(23(31)32)11-21(29(5)15(2)3)27-19(17)12-24-4;/h7-9,11,14-15,24H,6,10,12-13H2,1-5H3;1H. The predicted octanol–water partition coefficient (Wildman–Crippen LogP) is 3.29. The Morgan fingerprint density at radius 2 is 2.03 bits per heavy atom. The van der Waals surface area contributed by atoms with Crippen molar-refractivity contribution in [3.63, 3.8) is 0 Å². The van der Waals surface area contributed by atoms with Crippen LogP contribution in [0.25, 0.3) is 11.5 Å². The van der Waals surface area contributed by atoms with E-state index in [1.54, 1.807) is 11.2 Å². The molecule has 3 aromatic heterocycles. The summed E-state index contributed by atoms with van der Waals surface area (Å²) in [5, 5.41) is 11.5. The number of amides is 1. The minimum Gasteiger partial charge on any atom is -0.357 e. The molecule has 33 heavy (non-hydrogen) atoms. The Morgan fingerprint density at radius 1 is 1.24 bits per heavy atom. The molecule has 0 saturated carbocycles. The van der Waals surface area contributed by atoms with E-state index in [0.717, 1.165) is 30.0 Å². The summed E-state index contributed by atoms with van der Waals surface area (Å²) in [6, 6.07) is 7.84. The van der Waals surface area contributed by atoms with Gasteiger partial charge < -0.3 is 14.8 Å². The summed E-state index contributed by atoms with van der Waals surface area (Å²) < 4.78 is 1.98. The first-order valence-electron chi connectivity index (χ1n) is 11.0. The average Bonchev–Trinajstić information content (AvgIpc) is 3.38. The van der Waals surface area contributed by atoms with Crippen molar-refractivity contribution < 1.29 is 4.79 Å². The SMILES string of the molecule is CCCn1cnnc1-c1cccc(N2Cc3c(cc(N(C)C(C)C)nc3CNC)C2=O)n1.Cl. The first-order chi connectivity index (χ1) is 15.4. The van der Waals surface area contributed by atoms with Crippen molar-refractivity contribution in [3.8, 4) is 11.5 Å². The normalized spacial score (nSPS) is 12.8. The number of carbonyl (C=O) groups is 1. The zero-order chi connectivity index (χ0) is 22.8. The number of rotatable bonds is 8. The molecule has 9 nitrogen and oxygen atoms in total. The monoisotopic (exact) mass is 470 g/mol. The number of nitrogens with zero attached hydrogens (tertiary/aromatic N) is 7. The van der Waals surface area contributed by atoms with Gasteiger partial charge in [-0.25, -0.2) is 9.97 Å². The first-order valence-corrected chi connectivity index (χ1v) is 11.0. The number of nitrogens with one attached hydrogen (secondary N) is 1. The van der Waals surface area contributed by atoms with Crippen LogP contribution >= 0.6 is 12.4 Å². The van der Waals surface area contributed by atoms with E-state index in [1.165, 1.54) is 0 Å². The maximum atomic E-state index is 13.5. The second-order valence-corrected chi connectivity index (χ2v) is 8.31. The van der Waals surface area contributed by atoms with Crippen molar-refractivity contribution in [1.29, 1.82) is 0 Å². The molecule has 0 atom stereocenters. The van der Waals surface area contributed by atoms with Crippen LogP contribution in [-0.2, 0) is 19.6 Å². The summed E-state index contributed by atoms with van der Waals surface area (Å²) in [7, 11) is 3.89. The molecule has 4 heterocycles. The number of aryl methyl sites for hydroxylation is 1.